The molecule has 0 saturated carbocycles. The van der Waals surface area contributed by atoms with E-state index >= 15 is 0 Å². The highest BCUT2D eigenvalue weighted by molar-refractivity contribution is 5.82. The average molecular weight is 240 g/mol. The SMILES string of the molecule is CCCCCCCCC1CCC(C)ON=C1N. The molecule has 1 heterocycles. The Labute approximate surface area is 106 Å². The number of oxime groups is 1. The zero-order valence-corrected chi connectivity index (χ0v) is 11.5. The van der Waals surface area contributed by atoms with Gasteiger partial charge in [-0.15, -0.1) is 0 Å². The zero-order valence-electron chi connectivity index (χ0n) is 11.5. The summed E-state index contributed by atoms with van der Waals surface area (Å²) in [7, 11) is 0. The molecule has 2 unspecified atom stereocenters. The van der Waals surface area contributed by atoms with Gasteiger partial charge in [-0.1, -0.05) is 50.6 Å². The summed E-state index contributed by atoms with van der Waals surface area (Å²) in [6.07, 6.45) is 11.7. The topological polar surface area (TPSA) is 47.6 Å². The highest BCUT2D eigenvalue weighted by Gasteiger charge is 2.19. The van der Waals surface area contributed by atoms with Crippen molar-refractivity contribution in [1.82, 2.24) is 0 Å². The molecule has 0 aromatic carbocycles. The summed E-state index contributed by atoms with van der Waals surface area (Å²) in [4.78, 5) is 5.27. The summed E-state index contributed by atoms with van der Waals surface area (Å²) < 4.78 is 0. The van der Waals surface area contributed by atoms with Gasteiger partial charge in [-0.25, -0.2) is 0 Å². The maximum atomic E-state index is 5.93. The molecule has 100 valence electrons. The monoisotopic (exact) mass is 240 g/mol. The number of amidine groups is 1. The lowest BCUT2D eigenvalue weighted by Gasteiger charge is -2.12. The van der Waals surface area contributed by atoms with Crippen LogP contribution < -0.4 is 5.73 Å². The molecule has 1 aliphatic rings. The first-order valence-corrected chi connectivity index (χ1v) is 7.23. The summed E-state index contributed by atoms with van der Waals surface area (Å²) in [5.41, 5.74) is 5.93. The van der Waals surface area contributed by atoms with Crippen molar-refractivity contribution in [1.29, 1.82) is 0 Å². The van der Waals surface area contributed by atoms with E-state index in [1.165, 1.54) is 44.9 Å². The third-order valence-corrected chi connectivity index (χ3v) is 3.58. The Morgan fingerprint density at radius 3 is 2.65 bits per heavy atom. The maximum absolute atomic E-state index is 5.93. The van der Waals surface area contributed by atoms with Crippen LogP contribution in [0, 0.1) is 5.92 Å². The molecule has 0 radical (unpaired) electrons. The van der Waals surface area contributed by atoms with Gasteiger partial charge in [-0.05, 0) is 26.2 Å². The highest BCUT2D eigenvalue weighted by atomic mass is 16.6. The quantitative estimate of drug-likeness (QED) is 0.688. The molecule has 2 atom stereocenters. The van der Waals surface area contributed by atoms with Crippen LogP contribution in [0.3, 0.4) is 0 Å². The van der Waals surface area contributed by atoms with Crippen molar-refractivity contribution >= 4 is 5.84 Å². The van der Waals surface area contributed by atoms with Gasteiger partial charge >= 0.3 is 0 Å². The number of nitrogens with two attached hydrogens (primary N) is 1. The van der Waals surface area contributed by atoms with Crippen molar-refractivity contribution in [3.8, 4) is 0 Å². The number of unbranched alkanes of at least 4 members (excludes halogenated alkanes) is 5. The van der Waals surface area contributed by atoms with Gasteiger partial charge in [-0.3, -0.25) is 0 Å². The minimum atomic E-state index is 0.225. The molecule has 0 fully saturated rings. The van der Waals surface area contributed by atoms with Crippen LogP contribution in [0.25, 0.3) is 0 Å². The molecule has 3 heteroatoms. The molecular formula is C14H28N2O. The average Bonchev–Trinajstić information content (AvgIpc) is 2.48. The fourth-order valence-corrected chi connectivity index (χ4v) is 2.33. The highest BCUT2D eigenvalue weighted by Crippen LogP contribution is 2.21. The lowest BCUT2D eigenvalue weighted by molar-refractivity contribution is 0.0697. The molecule has 2 N–H and O–H groups in total. The molecule has 0 aromatic rings. The molecule has 3 nitrogen and oxygen atoms in total. The second kappa shape index (κ2) is 8.37. The smallest absolute Gasteiger partial charge is 0.142 e. The van der Waals surface area contributed by atoms with Gasteiger partial charge in [0.25, 0.3) is 0 Å². The lowest BCUT2D eigenvalue weighted by Crippen LogP contribution is -2.22. The van der Waals surface area contributed by atoms with Crippen LogP contribution in [0.2, 0.25) is 0 Å². The van der Waals surface area contributed by atoms with Gasteiger partial charge in [0, 0.05) is 5.92 Å². The summed E-state index contributed by atoms with van der Waals surface area (Å²) >= 11 is 0. The zero-order chi connectivity index (χ0) is 12.5. The number of hydrogen-bond acceptors (Lipinski definition) is 3. The van der Waals surface area contributed by atoms with Crippen molar-refractivity contribution < 1.29 is 4.84 Å². The van der Waals surface area contributed by atoms with Gasteiger partial charge in [0.1, 0.15) is 11.9 Å². The predicted molar refractivity (Wildman–Crippen MR) is 72.9 cm³/mol. The van der Waals surface area contributed by atoms with Crippen molar-refractivity contribution in [3.63, 3.8) is 0 Å². The summed E-state index contributed by atoms with van der Waals surface area (Å²) in [5.74, 6) is 1.16. The fourth-order valence-electron chi connectivity index (χ4n) is 2.33. The minimum Gasteiger partial charge on any atom is -0.391 e. The minimum absolute atomic E-state index is 0.225. The fraction of sp³-hybridized carbons (Fsp3) is 0.929. The number of rotatable bonds is 7. The van der Waals surface area contributed by atoms with E-state index in [2.05, 4.69) is 19.0 Å². The van der Waals surface area contributed by atoms with E-state index in [1.807, 2.05) is 0 Å². The van der Waals surface area contributed by atoms with Crippen molar-refractivity contribution in [2.24, 2.45) is 16.8 Å². The van der Waals surface area contributed by atoms with Crippen LogP contribution in [-0.4, -0.2) is 11.9 Å². The van der Waals surface area contributed by atoms with Gasteiger partial charge in [0.2, 0.25) is 0 Å². The summed E-state index contributed by atoms with van der Waals surface area (Å²) in [6.45, 7) is 4.31. The summed E-state index contributed by atoms with van der Waals surface area (Å²) in [6, 6.07) is 0. The molecule has 17 heavy (non-hydrogen) atoms. The van der Waals surface area contributed by atoms with Crippen LogP contribution in [0.5, 0.6) is 0 Å². The predicted octanol–water partition coefficient (Wildman–Crippen LogP) is 3.82. The van der Waals surface area contributed by atoms with E-state index in [0.29, 0.717) is 11.8 Å². The van der Waals surface area contributed by atoms with E-state index in [1.54, 1.807) is 0 Å². The van der Waals surface area contributed by atoms with Crippen LogP contribution >= 0.6 is 0 Å². The van der Waals surface area contributed by atoms with Gasteiger partial charge in [0.15, 0.2) is 0 Å². The molecule has 1 aliphatic heterocycles. The normalized spacial score (nSPS) is 24.9. The first-order chi connectivity index (χ1) is 8.24. The van der Waals surface area contributed by atoms with Crippen LogP contribution in [0.4, 0.5) is 0 Å². The molecule has 0 aliphatic carbocycles. The second-order valence-electron chi connectivity index (χ2n) is 5.26. The van der Waals surface area contributed by atoms with Gasteiger partial charge in [0.05, 0.1) is 0 Å². The number of hydrogen-bond donors (Lipinski definition) is 1. The summed E-state index contributed by atoms with van der Waals surface area (Å²) in [5, 5.41) is 4.01. The first kappa shape index (κ1) is 14.3. The largest absolute Gasteiger partial charge is 0.391 e. The molecule has 0 spiro atoms. The third kappa shape index (κ3) is 5.94. The Kier molecular flexibility index (Phi) is 7.06. The maximum Gasteiger partial charge on any atom is 0.142 e. The van der Waals surface area contributed by atoms with Crippen LogP contribution in [0.15, 0.2) is 5.16 Å². The lowest BCUT2D eigenvalue weighted by atomic mass is 9.94. The first-order valence-electron chi connectivity index (χ1n) is 7.23. The molecule has 1 rings (SSSR count). The van der Waals surface area contributed by atoms with E-state index in [4.69, 9.17) is 10.6 Å². The van der Waals surface area contributed by atoms with Gasteiger partial charge in [-0.2, -0.15) is 0 Å². The van der Waals surface area contributed by atoms with E-state index in [9.17, 15) is 0 Å². The Bertz CT molecular complexity index is 228. The molecule has 0 aromatic heterocycles. The Morgan fingerprint density at radius 1 is 1.18 bits per heavy atom. The van der Waals surface area contributed by atoms with Crippen molar-refractivity contribution in [3.05, 3.63) is 0 Å². The van der Waals surface area contributed by atoms with Crippen molar-refractivity contribution in [2.75, 3.05) is 0 Å². The Hall–Kier alpha value is -0.730. The van der Waals surface area contributed by atoms with Crippen LogP contribution in [-0.2, 0) is 4.84 Å². The molecule has 0 amide bonds. The Morgan fingerprint density at radius 2 is 1.88 bits per heavy atom. The Balaban J connectivity index is 2.13. The third-order valence-electron chi connectivity index (χ3n) is 3.58. The van der Waals surface area contributed by atoms with Crippen LogP contribution in [0.1, 0.15) is 71.6 Å². The van der Waals surface area contributed by atoms with E-state index in [0.717, 1.165) is 12.8 Å². The molecule has 0 saturated heterocycles. The van der Waals surface area contributed by atoms with E-state index < -0.39 is 0 Å². The standard InChI is InChI=1S/C14H28N2O/c1-3-4-5-6-7-8-9-13-11-10-12(2)17-16-14(13)15/h12-13H,3-11H2,1-2H3,(H2,15,16). The van der Waals surface area contributed by atoms with E-state index in [-0.39, 0.29) is 6.10 Å². The molecular weight excluding hydrogens is 212 g/mol. The molecule has 0 bridgehead atoms. The van der Waals surface area contributed by atoms with Gasteiger partial charge < -0.3 is 10.6 Å². The van der Waals surface area contributed by atoms with Crippen molar-refractivity contribution in [2.45, 2.75) is 77.7 Å². The second-order valence-corrected chi connectivity index (χ2v) is 5.26. The number of nitrogens with zero attached hydrogens (tertiary/aromatic N) is 1.